The van der Waals surface area contributed by atoms with E-state index in [4.69, 9.17) is 21.1 Å². The number of rotatable bonds is 7. The van der Waals surface area contributed by atoms with Gasteiger partial charge in [0.05, 0.1) is 32.5 Å². The third kappa shape index (κ3) is 6.07. The molecule has 3 aromatic rings. The summed E-state index contributed by atoms with van der Waals surface area (Å²) in [6.07, 6.45) is 1.35. The van der Waals surface area contributed by atoms with E-state index < -0.39 is 23.8 Å². The van der Waals surface area contributed by atoms with Crippen molar-refractivity contribution in [3.8, 4) is 11.5 Å². The molecule has 0 aliphatic carbocycles. The monoisotopic (exact) mass is 661 g/mol. The molecule has 3 aromatic carbocycles. The number of carbonyl (C=O) groups is 4. The van der Waals surface area contributed by atoms with Crippen LogP contribution >= 0.6 is 43.5 Å². The van der Waals surface area contributed by atoms with E-state index in [0.717, 1.165) is 4.90 Å². The number of amides is 5. The van der Waals surface area contributed by atoms with Crippen LogP contribution in [0, 0.1) is 0 Å². The quantitative estimate of drug-likeness (QED) is 0.253. The summed E-state index contributed by atoms with van der Waals surface area (Å²) in [5.74, 6) is -1.16. The summed E-state index contributed by atoms with van der Waals surface area (Å²) in [7, 11) is 1.50. The molecular formula is C26H18Br2ClN3O6. The van der Waals surface area contributed by atoms with E-state index in [1.165, 1.54) is 25.3 Å². The van der Waals surface area contributed by atoms with Gasteiger partial charge in [-0.1, -0.05) is 23.7 Å². The van der Waals surface area contributed by atoms with Crippen LogP contribution in [0.3, 0.4) is 0 Å². The number of urea groups is 1. The molecule has 0 spiro atoms. The minimum Gasteiger partial charge on any atom is -0.497 e. The average molecular weight is 664 g/mol. The summed E-state index contributed by atoms with van der Waals surface area (Å²) in [6.45, 7) is -0.303. The van der Waals surface area contributed by atoms with Gasteiger partial charge in [-0.05, 0) is 92.0 Å². The molecule has 0 atom stereocenters. The van der Waals surface area contributed by atoms with Gasteiger partial charge in [0.2, 0.25) is 0 Å². The summed E-state index contributed by atoms with van der Waals surface area (Å²) < 4.78 is 11.7. The molecule has 0 saturated carbocycles. The molecule has 1 fully saturated rings. The van der Waals surface area contributed by atoms with E-state index in [-0.39, 0.29) is 17.9 Å². The van der Waals surface area contributed by atoms with E-state index in [0.29, 0.717) is 36.7 Å². The zero-order chi connectivity index (χ0) is 27.4. The van der Waals surface area contributed by atoms with Crippen LogP contribution in [0.25, 0.3) is 6.08 Å². The van der Waals surface area contributed by atoms with Crippen molar-refractivity contribution >= 4 is 84.7 Å². The fraction of sp³-hybridized carbons (Fsp3) is 0.0769. The van der Waals surface area contributed by atoms with E-state index in [1.807, 2.05) is 0 Å². The topological polar surface area (TPSA) is 114 Å². The van der Waals surface area contributed by atoms with Crippen LogP contribution in [-0.2, 0) is 14.4 Å². The minimum absolute atomic E-state index is 0.244. The molecule has 194 valence electrons. The smallest absolute Gasteiger partial charge is 0.335 e. The Morgan fingerprint density at radius 2 is 1.71 bits per heavy atom. The number of para-hydroxylation sites is 1. The maximum Gasteiger partial charge on any atom is 0.335 e. The number of anilines is 2. The number of nitrogens with zero attached hydrogens (tertiary/aromatic N) is 1. The Morgan fingerprint density at radius 3 is 2.34 bits per heavy atom. The maximum absolute atomic E-state index is 13.1. The van der Waals surface area contributed by atoms with Crippen molar-refractivity contribution in [3.05, 3.63) is 85.8 Å². The lowest BCUT2D eigenvalue weighted by Crippen LogP contribution is -2.54. The molecule has 1 aliphatic rings. The van der Waals surface area contributed by atoms with Crippen molar-refractivity contribution < 1.29 is 28.7 Å². The summed E-state index contributed by atoms with van der Waals surface area (Å²) in [5.41, 5.74) is 0.944. The predicted molar refractivity (Wildman–Crippen MR) is 149 cm³/mol. The van der Waals surface area contributed by atoms with Gasteiger partial charge in [0.15, 0.2) is 6.61 Å². The number of ether oxygens (including phenoxy) is 2. The highest BCUT2D eigenvalue weighted by Crippen LogP contribution is 2.36. The Labute approximate surface area is 239 Å². The Hall–Kier alpha value is -3.67. The molecule has 1 heterocycles. The highest BCUT2D eigenvalue weighted by atomic mass is 79.9. The van der Waals surface area contributed by atoms with E-state index in [1.54, 1.807) is 48.5 Å². The van der Waals surface area contributed by atoms with Crippen LogP contribution in [0.1, 0.15) is 5.56 Å². The zero-order valence-corrected chi connectivity index (χ0v) is 23.5. The Balaban J connectivity index is 1.52. The number of hydrogen-bond acceptors (Lipinski definition) is 6. The second-order valence-corrected chi connectivity index (χ2v) is 9.90. The van der Waals surface area contributed by atoms with Gasteiger partial charge in [-0.3, -0.25) is 19.7 Å². The molecule has 0 radical (unpaired) electrons. The van der Waals surface area contributed by atoms with E-state index >= 15 is 0 Å². The number of nitrogens with one attached hydrogen (secondary N) is 2. The normalized spacial score (nSPS) is 14.4. The highest BCUT2D eigenvalue weighted by molar-refractivity contribution is 9.11. The lowest BCUT2D eigenvalue weighted by atomic mass is 10.1. The number of halogens is 3. The maximum atomic E-state index is 13.1. The molecular weight excluding hydrogens is 646 g/mol. The standard InChI is InChI=1S/C26H18Br2ClN3O6/c1-37-16-8-6-15(7-9-16)32-25(35)17(24(34)31-26(32)36)10-14-11-18(27)23(19(28)12-14)38-13-22(33)30-21-5-3-2-4-20(21)29/h2-12H,13H2,1H3,(H,30,33)(H,31,34,36)/b17-10+. The van der Waals surface area contributed by atoms with Crippen LogP contribution in [0.5, 0.6) is 11.5 Å². The number of imide groups is 2. The van der Waals surface area contributed by atoms with Crippen molar-refractivity contribution in [1.82, 2.24) is 5.32 Å². The van der Waals surface area contributed by atoms with E-state index in [2.05, 4.69) is 42.5 Å². The Bertz CT molecular complexity index is 1450. The number of hydrogen-bond donors (Lipinski definition) is 2. The van der Waals surface area contributed by atoms with Crippen molar-refractivity contribution in [2.45, 2.75) is 0 Å². The lowest BCUT2D eigenvalue weighted by molar-refractivity contribution is -0.122. The van der Waals surface area contributed by atoms with Crippen LogP contribution in [0.4, 0.5) is 16.2 Å². The molecule has 1 saturated heterocycles. The minimum atomic E-state index is -0.858. The first-order chi connectivity index (χ1) is 18.2. The molecule has 9 nitrogen and oxygen atoms in total. The summed E-state index contributed by atoms with van der Waals surface area (Å²) >= 11 is 12.9. The van der Waals surface area contributed by atoms with Gasteiger partial charge in [-0.25, -0.2) is 9.69 Å². The molecule has 0 aromatic heterocycles. The zero-order valence-electron chi connectivity index (χ0n) is 19.6. The number of benzene rings is 3. The molecule has 0 unspecified atom stereocenters. The van der Waals surface area contributed by atoms with Crippen LogP contribution < -0.4 is 25.0 Å². The van der Waals surface area contributed by atoms with Crippen LogP contribution in [0.15, 0.2) is 75.2 Å². The van der Waals surface area contributed by atoms with Gasteiger partial charge in [-0.15, -0.1) is 0 Å². The first-order valence-electron chi connectivity index (χ1n) is 10.9. The molecule has 1 aliphatic heterocycles. The van der Waals surface area contributed by atoms with Gasteiger partial charge >= 0.3 is 6.03 Å². The third-order valence-electron chi connectivity index (χ3n) is 5.26. The van der Waals surface area contributed by atoms with Gasteiger partial charge in [-0.2, -0.15) is 0 Å². The summed E-state index contributed by atoms with van der Waals surface area (Å²) in [5, 5.41) is 5.24. The van der Waals surface area contributed by atoms with Crippen LogP contribution in [-0.4, -0.2) is 37.5 Å². The van der Waals surface area contributed by atoms with Gasteiger partial charge < -0.3 is 14.8 Å². The largest absolute Gasteiger partial charge is 0.497 e. The highest BCUT2D eigenvalue weighted by Gasteiger charge is 2.36. The summed E-state index contributed by atoms with van der Waals surface area (Å²) in [4.78, 5) is 51.3. The number of carbonyl (C=O) groups excluding carboxylic acids is 4. The predicted octanol–water partition coefficient (Wildman–Crippen LogP) is 5.56. The third-order valence-corrected chi connectivity index (χ3v) is 6.77. The molecule has 2 N–H and O–H groups in total. The van der Waals surface area contributed by atoms with Crippen LogP contribution in [0.2, 0.25) is 5.02 Å². The SMILES string of the molecule is COc1ccc(N2C(=O)NC(=O)/C(=C\c3cc(Br)c(OCC(=O)Nc4ccccc4Cl)c(Br)c3)C2=O)cc1. The first-order valence-corrected chi connectivity index (χ1v) is 12.9. The Kier molecular flexibility index (Phi) is 8.50. The molecule has 0 bridgehead atoms. The molecule has 38 heavy (non-hydrogen) atoms. The fourth-order valence-electron chi connectivity index (χ4n) is 3.48. The van der Waals surface area contributed by atoms with Crippen molar-refractivity contribution in [3.63, 3.8) is 0 Å². The first kappa shape index (κ1) is 27.4. The summed E-state index contributed by atoms with van der Waals surface area (Å²) in [6, 6.07) is 15.4. The molecule has 12 heteroatoms. The van der Waals surface area contributed by atoms with Crippen molar-refractivity contribution in [2.24, 2.45) is 0 Å². The molecule has 4 rings (SSSR count). The fourth-order valence-corrected chi connectivity index (χ4v) is 5.11. The lowest BCUT2D eigenvalue weighted by Gasteiger charge is -2.26. The molecule has 5 amide bonds. The van der Waals surface area contributed by atoms with Crippen molar-refractivity contribution in [1.29, 1.82) is 0 Å². The van der Waals surface area contributed by atoms with Gasteiger partial charge in [0.1, 0.15) is 17.1 Å². The van der Waals surface area contributed by atoms with Gasteiger partial charge in [0, 0.05) is 0 Å². The van der Waals surface area contributed by atoms with Crippen molar-refractivity contribution in [2.75, 3.05) is 23.9 Å². The van der Waals surface area contributed by atoms with E-state index in [9.17, 15) is 19.2 Å². The number of barbiturate groups is 1. The average Bonchev–Trinajstić information content (AvgIpc) is 2.87. The van der Waals surface area contributed by atoms with Gasteiger partial charge in [0.25, 0.3) is 17.7 Å². The second-order valence-electron chi connectivity index (χ2n) is 7.79. The number of methoxy groups -OCH3 is 1. The Morgan fingerprint density at radius 1 is 1.05 bits per heavy atom. The second kappa shape index (κ2) is 11.8.